The highest BCUT2D eigenvalue weighted by molar-refractivity contribution is 7.89. The Hall–Kier alpha value is -1.72. The summed E-state index contributed by atoms with van der Waals surface area (Å²) in [4.78, 5) is 11.6. The van der Waals surface area contributed by atoms with Crippen LogP contribution in [0.15, 0.2) is 23.1 Å². The van der Waals surface area contributed by atoms with Gasteiger partial charge in [-0.3, -0.25) is 4.90 Å². The Labute approximate surface area is 141 Å². The number of benzene rings is 1. The fraction of sp³-hybridized carbons (Fsp3) is 0.500. The van der Waals surface area contributed by atoms with E-state index in [9.17, 15) is 30.8 Å². The molecule has 11 heteroatoms. The second kappa shape index (κ2) is 7.26. The number of hydrogen-bond donors (Lipinski definition) is 2. The molecule has 1 aromatic carbocycles. The van der Waals surface area contributed by atoms with Crippen LogP contribution in [0.2, 0.25) is 0 Å². The standard InChI is InChI=1S/C14H16F4N2O4S/c15-12-2-1-10(5-11(12)13(21)22)25(23,24)19-6-9-3-4-20(7-9)8-14(16,17)18/h1-2,5,9,19H,3-4,6-8H2,(H,21,22)/t9-/m0/s1. The predicted octanol–water partition coefficient (Wildman–Crippen LogP) is 1.69. The van der Waals surface area contributed by atoms with E-state index in [0.29, 0.717) is 12.5 Å². The van der Waals surface area contributed by atoms with Crippen molar-refractivity contribution in [2.75, 3.05) is 26.2 Å². The molecule has 0 spiro atoms. The van der Waals surface area contributed by atoms with Gasteiger partial charge in [-0.15, -0.1) is 0 Å². The van der Waals surface area contributed by atoms with E-state index < -0.39 is 45.0 Å². The minimum absolute atomic E-state index is 0.0868. The van der Waals surface area contributed by atoms with Gasteiger partial charge < -0.3 is 5.11 Å². The molecule has 1 heterocycles. The molecule has 1 aliphatic heterocycles. The van der Waals surface area contributed by atoms with Crippen molar-refractivity contribution in [3.63, 3.8) is 0 Å². The minimum Gasteiger partial charge on any atom is -0.478 e. The highest BCUT2D eigenvalue weighted by atomic mass is 32.2. The fourth-order valence-corrected chi connectivity index (χ4v) is 3.76. The van der Waals surface area contributed by atoms with Crippen LogP contribution in [0.1, 0.15) is 16.8 Å². The largest absolute Gasteiger partial charge is 0.478 e. The molecular weight excluding hydrogens is 368 g/mol. The molecule has 6 nitrogen and oxygen atoms in total. The Bertz CT molecular complexity index is 752. The van der Waals surface area contributed by atoms with Gasteiger partial charge in [-0.2, -0.15) is 13.2 Å². The molecular formula is C14H16F4N2O4S. The lowest BCUT2D eigenvalue weighted by atomic mass is 10.1. The zero-order chi connectivity index (χ0) is 18.8. The molecule has 0 aliphatic carbocycles. The first-order valence-electron chi connectivity index (χ1n) is 7.29. The number of hydrogen-bond acceptors (Lipinski definition) is 4. The molecule has 140 valence electrons. The molecule has 0 radical (unpaired) electrons. The molecule has 0 unspecified atom stereocenters. The fourth-order valence-electron chi connectivity index (χ4n) is 2.62. The van der Waals surface area contributed by atoms with Crippen LogP contribution in [0, 0.1) is 11.7 Å². The minimum atomic E-state index is -4.31. The third-order valence-corrected chi connectivity index (χ3v) is 5.23. The first-order valence-corrected chi connectivity index (χ1v) is 8.78. The number of alkyl halides is 3. The van der Waals surface area contributed by atoms with E-state index in [1.165, 1.54) is 4.90 Å². The summed E-state index contributed by atoms with van der Waals surface area (Å²) in [6.45, 7) is -0.815. The van der Waals surface area contributed by atoms with E-state index in [1.807, 2.05) is 0 Å². The normalized spacial score (nSPS) is 19.3. The average molecular weight is 384 g/mol. The molecule has 2 rings (SSSR count). The van der Waals surface area contributed by atoms with Crippen molar-refractivity contribution in [1.29, 1.82) is 0 Å². The number of carboxylic acids is 1. The van der Waals surface area contributed by atoms with E-state index in [-0.39, 0.29) is 25.6 Å². The Balaban J connectivity index is 1.99. The summed E-state index contributed by atoms with van der Waals surface area (Å²) in [6, 6.07) is 2.36. The van der Waals surface area contributed by atoms with Crippen LogP contribution in [0.4, 0.5) is 17.6 Å². The highest BCUT2D eigenvalue weighted by Crippen LogP contribution is 2.23. The first-order chi connectivity index (χ1) is 11.5. The Kier molecular flexibility index (Phi) is 5.69. The topological polar surface area (TPSA) is 86.7 Å². The molecule has 1 fully saturated rings. The summed E-state index contributed by atoms with van der Waals surface area (Å²) >= 11 is 0. The van der Waals surface area contributed by atoms with Crippen molar-refractivity contribution in [3.8, 4) is 0 Å². The van der Waals surface area contributed by atoms with E-state index in [1.54, 1.807) is 0 Å². The van der Waals surface area contributed by atoms with Crippen LogP contribution in [-0.4, -0.2) is 56.7 Å². The molecule has 1 aliphatic rings. The maximum absolute atomic E-state index is 13.3. The molecule has 0 saturated carbocycles. The molecule has 0 bridgehead atoms. The summed E-state index contributed by atoms with van der Waals surface area (Å²) < 4.78 is 76.9. The van der Waals surface area contributed by atoms with E-state index in [4.69, 9.17) is 5.11 Å². The van der Waals surface area contributed by atoms with Crippen LogP contribution in [0.3, 0.4) is 0 Å². The monoisotopic (exact) mass is 384 g/mol. The van der Waals surface area contributed by atoms with E-state index in [0.717, 1.165) is 12.1 Å². The van der Waals surface area contributed by atoms with Gasteiger partial charge in [-0.1, -0.05) is 0 Å². The summed E-state index contributed by atoms with van der Waals surface area (Å²) in [5.74, 6) is -2.96. The highest BCUT2D eigenvalue weighted by Gasteiger charge is 2.34. The van der Waals surface area contributed by atoms with Crippen molar-refractivity contribution in [2.24, 2.45) is 5.92 Å². The van der Waals surface area contributed by atoms with Gasteiger partial charge in [0, 0.05) is 13.1 Å². The van der Waals surface area contributed by atoms with E-state index >= 15 is 0 Å². The van der Waals surface area contributed by atoms with Gasteiger partial charge in [-0.25, -0.2) is 22.3 Å². The number of carbonyl (C=O) groups is 1. The first kappa shape index (κ1) is 19.6. The third-order valence-electron chi connectivity index (χ3n) is 3.81. The molecule has 0 amide bonds. The second-order valence-corrected chi connectivity index (χ2v) is 7.57. The van der Waals surface area contributed by atoms with Crippen LogP contribution < -0.4 is 4.72 Å². The number of nitrogens with one attached hydrogen (secondary N) is 1. The van der Waals surface area contributed by atoms with Gasteiger partial charge in [0.1, 0.15) is 5.82 Å². The maximum Gasteiger partial charge on any atom is 0.401 e. The van der Waals surface area contributed by atoms with Gasteiger partial charge in [0.05, 0.1) is 17.0 Å². The second-order valence-electron chi connectivity index (χ2n) is 5.80. The van der Waals surface area contributed by atoms with Gasteiger partial charge in [0.2, 0.25) is 10.0 Å². The molecule has 1 atom stereocenters. The molecule has 1 aromatic rings. The summed E-state index contributed by atoms with van der Waals surface area (Å²) in [7, 11) is -4.09. The smallest absolute Gasteiger partial charge is 0.401 e. The van der Waals surface area contributed by atoms with Crippen molar-refractivity contribution in [2.45, 2.75) is 17.5 Å². The van der Waals surface area contributed by atoms with Gasteiger partial charge >= 0.3 is 12.1 Å². The number of halogens is 4. The zero-order valence-corrected chi connectivity index (χ0v) is 13.7. The summed E-state index contributed by atoms with van der Waals surface area (Å²) in [6.07, 6.45) is -3.90. The number of carboxylic acid groups (broad SMARTS) is 1. The van der Waals surface area contributed by atoms with Gasteiger partial charge in [0.15, 0.2) is 0 Å². The summed E-state index contributed by atoms with van der Waals surface area (Å²) in [5, 5.41) is 8.83. The predicted molar refractivity (Wildman–Crippen MR) is 79.1 cm³/mol. The lowest BCUT2D eigenvalue weighted by Gasteiger charge is -2.18. The van der Waals surface area contributed by atoms with Crippen molar-refractivity contribution < 1.29 is 35.9 Å². The van der Waals surface area contributed by atoms with Crippen molar-refractivity contribution in [3.05, 3.63) is 29.6 Å². The summed E-state index contributed by atoms with van der Waals surface area (Å²) in [5.41, 5.74) is -0.778. The number of likely N-dealkylation sites (tertiary alicyclic amines) is 1. The number of rotatable bonds is 6. The van der Waals surface area contributed by atoms with Crippen molar-refractivity contribution >= 4 is 16.0 Å². The molecule has 25 heavy (non-hydrogen) atoms. The van der Waals surface area contributed by atoms with Crippen LogP contribution >= 0.6 is 0 Å². The number of sulfonamides is 1. The lowest BCUT2D eigenvalue weighted by molar-refractivity contribution is -0.143. The lowest BCUT2D eigenvalue weighted by Crippen LogP contribution is -2.34. The third kappa shape index (κ3) is 5.38. The van der Waals surface area contributed by atoms with Crippen LogP contribution in [0.5, 0.6) is 0 Å². The van der Waals surface area contributed by atoms with Gasteiger partial charge in [0.25, 0.3) is 0 Å². The van der Waals surface area contributed by atoms with Crippen molar-refractivity contribution in [1.82, 2.24) is 9.62 Å². The number of aromatic carboxylic acids is 1. The van der Waals surface area contributed by atoms with Gasteiger partial charge in [-0.05, 0) is 37.1 Å². The van der Waals surface area contributed by atoms with E-state index in [2.05, 4.69) is 4.72 Å². The SMILES string of the molecule is O=C(O)c1cc(S(=O)(=O)NC[C@@H]2CCN(CC(F)(F)F)C2)ccc1F. The average Bonchev–Trinajstić information content (AvgIpc) is 2.90. The quantitative estimate of drug-likeness (QED) is 0.729. The van der Waals surface area contributed by atoms with Crippen LogP contribution in [-0.2, 0) is 10.0 Å². The Morgan fingerprint density at radius 1 is 1.36 bits per heavy atom. The Morgan fingerprint density at radius 3 is 2.64 bits per heavy atom. The maximum atomic E-state index is 13.3. The Morgan fingerprint density at radius 2 is 2.04 bits per heavy atom. The molecule has 1 saturated heterocycles. The van der Waals surface area contributed by atoms with Crippen LogP contribution in [0.25, 0.3) is 0 Å². The molecule has 2 N–H and O–H groups in total. The molecule has 0 aromatic heterocycles. The number of nitrogens with zero attached hydrogens (tertiary/aromatic N) is 1. The zero-order valence-electron chi connectivity index (χ0n) is 12.9.